The van der Waals surface area contributed by atoms with Crippen LogP contribution in [0.3, 0.4) is 0 Å². The van der Waals surface area contributed by atoms with Gasteiger partial charge in [-0.25, -0.2) is 0 Å². The summed E-state index contributed by atoms with van der Waals surface area (Å²) >= 11 is 5.95. The molecule has 0 radical (unpaired) electrons. The Kier molecular flexibility index (Phi) is 5.66. The third-order valence-electron chi connectivity index (χ3n) is 3.96. The van der Waals surface area contributed by atoms with Gasteiger partial charge in [-0.15, -0.1) is 0 Å². The Morgan fingerprint density at radius 2 is 2.05 bits per heavy atom. The second-order valence-corrected chi connectivity index (χ2v) is 5.88. The number of rotatable bonds is 4. The summed E-state index contributed by atoms with van der Waals surface area (Å²) in [5.74, 6) is 0.646. The van der Waals surface area contributed by atoms with Crippen molar-refractivity contribution in [3.63, 3.8) is 0 Å². The fraction of sp³-hybridized carbons (Fsp3) is 0.500. The zero-order chi connectivity index (χ0) is 16.1. The lowest BCUT2D eigenvalue weighted by Crippen LogP contribution is -2.44. The molecule has 1 saturated heterocycles. The van der Waals surface area contributed by atoms with Gasteiger partial charge in [-0.3, -0.25) is 9.59 Å². The first kappa shape index (κ1) is 16.6. The Morgan fingerprint density at radius 1 is 1.36 bits per heavy atom. The summed E-state index contributed by atoms with van der Waals surface area (Å²) in [6.07, 6.45) is 1.40. The van der Waals surface area contributed by atoms with Crippen LogP contribution in [0.15, 0.2) is 18.2 Å². The monoisotopic (exact) mass is 324 g/mol. The Labute approximate surface area is 135 Å². The van der Waals surface area contributed by atoms with Crippen molar-refractivity contribution in [2.45, 2.75) is 19.8 Å². The smallest absolute Gasteiger partial charge is 0.260 e. The highest BCUT2D eigenvalue weighted by atomic mass is 35.5. The highest BCUT2D eigenvalue weighted by Gasteiger charge is 2.26. The van der Waals surface area contributed by atoms with E-state index in [4.69, 9.17) is 16.3 Å². The minimum atomic E-state index is -0.0528. The highest BCUT2D eigenvalue weighted by molar-refractivity contribution is 6.31. The van der Waals surface area contributed by atoms with E-state index in [1.165, 1.54) is 0 Å². The molecule has 0 unspecified atom stereocenters. The molecule has 2 amide bonds. The van der Waals surface area contributed by atoms with Crippen molar-refractivity contribution >= 4 is 23.4 Å². The normalized spacial score (nSPS) is 15.5. The molecule has 6 heteroatoms. The molecule has 1 N–H and O–H groups in total. The van der Waals surface area contributed by atoms with Gasteiger partial charge in [0.2, 0.25) is 5.91 Å². The minimum Gasteiger partial charge on any atom is -0.484 e. The van der Waals surface area contributed by atoms with E-state index < -0.39 is 0 Å². The molecule has 0 bridgehead atoms. The number of hydrogen-bond acceptors (Lipinski definition) is 3. The van der Waals surface area contributed by atoms with Crippen molar-refractivity contribution in [1.29, 1.82) is 0 Å². The largest absolute Gasteiger partial charge is 0.484 e. The lowest BCUT2D eigenvalue weighted by atomic mass is 9.96. The van der Waals surface area contributed by atoms with Crippen molar-refractivity contribution in [2.24, 2.45) is 5.92 Å². The summed E-state index contributed by atoms with van der Waals surface area (Å²) in [7, 11) is 1.64. The summed E-state index contributed by atoms with van der Waals surface area (Å²) in [4.78, 5) is 25.5. The van der Waals surface area contributed by atoms with E-state index in [0.29, 0.717) is 36.7 Å². The topological polar surface area (TPSA) is 58.6 Å². The standard InChI is InChI=1S/C16H21ClN2O3/c1-11-9-13(3-4-14(11)17)22-10-15(20)19-7-5-12(6-8-19)16(21)18-2/h3-4,9,12H,5-8,10H2,1-2H3,(H,18,21). The quantitative estimate of drug-likeness (QED) is 0.921. The number of amides is 2. The third kappa shape index (κ3) is 4.13. The van der Waals surface area contributed by atoms with Gasteiger partial charge in [-0.05, 0) is 43.5 Å². The number of aryl methyl sites for hydroxylation is 1. The molecule has 1 aromatic carbocycles. The van der Waals surface area contributed by atoms with Crippen molar-refractivity contribution in [3.05, 3.63) is 28.8 Å². The summed E-state index contributed by atoms with van der Waals surface area (Å²) < 4.78 is 5.52. The Bertz CT molecular complexity index is 554. The van der Waals surface area contributed by atoms with E-state index >= 15 is 0 Å². The average molecular weight is 325 g/mol. The molecule has 0 aromatic heterocycles. The second-order valence-electron chi connectivity index (χ2n) is 5.47. The van der Waals surface area contributed by atoms with E-state index in [1.54, 1.807) is 24.1 Å². The minimum absolute atomic E-state index is 0.00567. The van der Waals surface area contributed by atoms with Gasteiger partial charge in [0, 0.05) is 31.1 Å². The lowest BCUT2D eigenvalue weighted by molar-refractivity contribution is -0.137. The third-order valence-corrected chi connectivity index (χ3v) is 4.38. The number of halogens is 1. The maximum absolute atomic E-state index is 12.1. The van der Waals surface area contributed by atoms with Crippen LogP contribution in [0.5, 0.6) is 5.75 Å². The predicted molar refractivity (Wildman–Crippen MR) is 85.1 cm³/mol. The molecule has 0 atom stereocenters. The molecule has 0 saturated carbocycles. The highest BCUT2D eigenvalue weighted by Crippen LogP contribution is 2.21. The summed E-state index contributed by atoms with van der Waals surface area (Å²) in [6, 6.07) is 5.32. The molecule has 1 aromatic rings. The molecule has 5 nitrogen and oxygen atoms in total. The number of likely N-dealkylation sites (tertiary alicyclic amines) is 1. The fourth-order valence-corrected chi connectivity index (χ4v) is 2.66. The van der Waals surface area contributed by atoms with Gasteiger partial charge in [-0.1, -0.05) is 11.6 Å². The zero-order valence-electron chi connectivity index (χ0n) is 12.9. The zero-order valence-corrected chi connectivity index (χ0v) is 13.7. The average Bonchev–Trinajstić information content (AvgIpc) is 2.55. The molecule has 1 aliphatic heterocycles. The van der Waals surface area contributed by atoms with Crippen LogP contribution < -0.4 is 10.1 Å². The van der Waals surface area contributed by atoms with Crippen LogP contribution in [-0.2, 0) is 9.59 Å². The predicted octanol–water partition coefficient (Wildman–Crippen LogP) is 2.01. The number of ether oxygens (including phenoxy) is 1. The second kappa shape index (κ2) is 7.49. The van der Waals surface area contributed by atoms with Gasteiger partial charge >= 0.3 is 0 Å². The number of nitrogens with zero attached hydrogens (tertiary/aromatic N) is 1. The van der Waals surface area contributed by atoms with Crippen LogP contribution in [0, 0.1) is 12.8 Å². The molecule has 0 aliphatic carbocycles. The first-order valence-electron chi connectivity index (χ1n) is 7.39. The van der Waals surface area contributed by atoms with Crippen LogP contribution >= 0.6 is 11.6 Å². The lowest BCUT2D eigenvalue weighted by Gasteiger charge is -2.31. The molecule has 120 valence electrons. The van der Waals surface area contributed by atoms with E-state index in [-0.39, 0.29) is 24.3 Å². The van der Waals surface area contributed by atoms with Crippen LogP contribution in [0.1, 0.15) is 18.4 Å². The Hall–Kier alpha value is -1.75. The van der Waals surface area contributed by atoms with Crippen LogP contribution in [0.25, 0.3) is 0 Å². The number of carbonyl (C=O) groups excluding carboxylic acids is 2. The van der Waals surface area contributed by atoms with Gasteiger partial charge in [0.05, 0.1) is 0 Å². The maximum Gasteiger partial charge on any atom is 0.260 e. The molecule has 2 rings (SSSR count). The van der Waals surface area contributed by atoms with Gasteiger partial charge < -0.3 is 15.0 Å². The van der Waals surface area contributed by atoms with E-state index in [0.717, 1.165) is 5.56 Å². The summed E-state index contributed by atoms with van der Waals surface area (Å²) in [5.41, 5.74) is 0.915. The van der Waals surface area contributed by atoms with Gasteiger partial charge in [0.1, 0.15) is 5.75 Å². The number of piperidine rings is 1. The van der Waals surface area contributed by atoms with Crippen molar-refractivity contribution in [1.82, 2.24) is 10.2 Å². The number of hydrogen-bond donors (Lipinski definition) is 1. The molecule has 1 fully saturated rings. The Balaban J connectivity index is 1.81. The Morgan fingerprint density at radius 3 is 2.64 bits per heavy atom. The molecule has 1 heterocycles. The van der Waals surface area contributed by atoms with Crippen molar-refractivity contribution < 1.29 is 14.3 Å². The van der Waals surface area contributed by atoms with Gasteiger partial charge in [0.15, 0.2) is 6.61 Å². The number of nitrogens with one attached hydrogen (secondary N) is 1. The van der Waals surface area contributed by atoms with Crippen LogP contribution in [-0.4, -0.2) is 43.5 Å². The first-order chi connectivity index (χ1) is 10.5. The van der Waals surface area contributed by atoms with E-state index in [1.807, 2.05) is 13.0 Å². The van der Waals surface area contributed by atoms with E-state index in [2.05, 4.69) is 5.32 Å². The van der Waals surface area contributed by atoms with Gasteiger partial charge in [0.25, 0.3) is 5.91 Å². The van der Waals surface area contributed by atoms with Gasteiger partial charge in [-0.2, -0.15) is 0 Å². The fourth-order valence-electron chi connectivity index (χ4n) is 2.54. The van der Waals surface area contributed by atoms with E-state index in [9.17, 15) is 9.59 Å². The molecule has 1 aliphatic rings. The maximum atomic E-state index is 12.1. The number of carbonyl (C=O) groups is 2. The number of benzene rings is 1. The van der Waals surface area contributed by atoms with Crippen LogP contribution in [0.2, 0.25) is 5.02 Å². The summed E-state index contributed by atoms with van der Waals surface area (Å²) in [5, 5.41) is 3.33. The molecule has 22 heavy (non-hydrogen) atoms. The first-order valence-corrected chi connectivity index (χ1v) is 7.77. The van der Waals surface area contributed by atoms with Crippen molar-refractivity contribution in [3.8, 4) is 5.75 Å². The summed E-state index contributed by atoms with van der Waals surface area (Å²) in [6.45, 7) is 3.09. The molecular formula is C16H21ClN2O3. The molecular weight excluding hydrogens is 304 g/mol. The molecule has 0 spiro atoms. The van der Waals surface area contributed by atoms with Crippen molar-refractivity contribution in [2.75, 3.05) is 26.7 Å². The SMILES string of the molecule is CNC(=O)C1CCN(C(=O)COc2ccc(Cl)c(C)c2)CC1. The van der Waals surface area contributed by atoms with Crippen LogP contribution in [0.4, 0.5) is 0 Å².